The monoisotopic (exact) mass is 426 g/mol. The number of aliphatic imine (C=N–C) groups is 1. The van der Waals surface area contributed by atoms with Gasteiger partial charge < -0.3 is 14.8 Å². The molecule has 0 saturated heterocycles. The molecule has 1 aliphatic heterocycles. The summed E-state index contributed by atoms with van der Waals surface area (Å²) in [6.07, 6.45) is 0. The van der Waals surface area contributed by atoms with Crippen molar-refractivity contribution < 1.29 is 9.47 Å². The van der Waals surface area contributed by atoms with Crippen molar-refractivity contribution in [2.45, 2.75) is 12.1 Å². The molecule has 6 heteroatoms. The SMILES string of the molecule is COc1cccc(OC)c1C1=N[C@H](c2ccc(Cl)cc2)[C@H](c2ccc(Cl)cc2)N1. The predicted molar refractivity (Wildman–Crippen MR) is 118 cm³/mol. The molecule has 0 bridgehead atoms. The second-order valence-electron chi connectivity index (χ2n) is 6.69. The molecule has 4 nitrogen and oxygen atoms in total. The van der Waals surface area contributed by atoms with E-state index in [0.717, 1.165) is 22.5 Å². The third kappa shape index (κ3) is 3.91. The number of nitrogens with one attached hydrogen (secondary N) is 1. The summed E-state index contributed by atoms with van der Waals surface area (Å²) in [5, 5.41) is 4.96. The molecule has 1 aliphatic rings. The van der Waals surface area contributed by atoms with Crippen molar-refractivity contribution in [3.63, 3.8) is 0 Å². The lowest BCUT2D eigenvalue weighted by atomic mass is 9.95. The maximum Gasteiger partial charge on any atom is 0.137 e. The molecule has 1 N–H and O–H groups in total. The Morgan fingerprint density at radius 3 is 1.79 bits per heavy atom. The third-order valence-electron chi connectivity index (χ3n) is 4.98. The average Bonchev–Trinajstić information content (AvgIpc) is 3.19. The minimum absolute atomic E-state index is 0.0712. The zero-order valence-electron chi connectivity index (χ0n) is 16.0. The van der Waals surface area contributed by atoms with Crippen LogP contribution in [0.15, 0.2) is 71.7 Å². The first-order valence-corrected chi connectivity index (χ1v) is 9.93. The number of methoxy groups -OCH3 is 2. The topological polar surface area (TPSA) is 42.9 Å². The molecule has 0 aromatic heterocycles. The highest BCUT2D eigenvalue weighted by Crippen LogP contribution is 2.40. The Hall–Kier alpha value is -2.69. The van der Waals surface area contributed by atoms with Gasteiger partial charge >= 0.3 is 0 Å². The number of hydrogen-bond acceptors (Lipinski definition) is 4. The summed E-state index contributed by atoms with van der Waals surface area (Å²) in [4.78, 5) is 5.03. The summed E-state index contributed by atoms with van der Waals surface area (Å²) in [7, 11) is 3.28. The van der Waals surface area contributed by atoms with E-state index in [-0.39, 0.29) is 12.1 Å². The van der Waals surface area contributed by atoms with Crippen LogP contribution in [-0.2, 0) is 0 Å². The minimum Gasteiger partial charge on any atom is -0.496 e. The van der Waals surface area contributed by atoms with Gasteiger partial charge in [-0.3, -0.25) is 4.99 Å². The summed E-state index contributed by atoms with van der Waals surface area (Å²) in [6.45, 7) is 0. The van der Waals surface area contributed by atoms with Gasteiger partial charge in [0.25, 0.3) is 0 Å². The van der Waals surface area contributed by atoms with Gasteiger partial charge in [0.05, 0.1) is 20.3 Å². The normalized spacial score (nSPS) is 18.1. The molecule has 0 unspecified atom stereocenters. The quantitative estimate of drug-likeness (QED) is 0.556. The highest BCUT2D eigenvalue weighted by Gasteiger charge is 2.34. The number of rotatable bonds is 5. The molecule has 3 aromatic carbocycles. The number of amidine groups is 1. The molecule has 29 heavy (non-hydrogen) atoms. The number of nitrogens with zero attached hydrogens (tertiary/aromatic N) is 1. The largest absolute Gasteiger partial charge is 0.496 e. The molecular formula is C23H20Cl2N2O2. The lowest BCUT2D eigenvalue weighted by Crippen LogP contribution is -2.25. The molecule has 0 aliphatic carbocycles. The third-order valence-corrected chi connectivity index (χ3v) is 5.49. The maximum atomic E-state index is 6.10. The predicted octanol–water partition coefficient (Wildman–Crippen LogP) is 5.84. The molecule has 0 saturated carbocycles. The Morgan fingerprint density at radius 1 is 0.759 bits per heavy atom. The van der Waals surface area contributed by atoms with E-state index in [1.54, 1.807) is 14.2 Å². The molecule has 3 aromatic rings. The van der Waals surface area contributed by atoms with Crippen molar-refractivity contribution in [1.82, 2.24) is 5.32 Å². The van der Waals surface area contributed by atoms with Crippen LogP contribution in [0.25, 0.3) is 0 Å². The van der Waals surface area contributed by atoms with Crippen molar-refractivity contribution in [2.24, 2.45) is 4.99 Å². The van der Waals surface area contributed by atoms with E-state index in [9.17, 15) is 0 Å². The number of halogens is 2. The molecule has 148 valence electrons. The Kier molecular flexibility index (Phi) is 5.65. The van der Waals surface area contributed by atoms with Gasteiger partial charge in [-0.2, -0.15) is 0 Å². The van der Waals surface area contributed by atoms with Gasteiger partial charge in [-0.25, -0.2) is 0 Å². The van der Waals surface area contributed by atoms with E-state index in [4.69, 9.17) is 37.7 Å². The molecule has 4 rings (SSSR count). The molecule has 0 radical (unpaired) electrons. The standard InChI is InChI=1S/C23H20Cl2N2O2/c1-28-18-4-3-5-19(29-2)20(18)23-26-21(14-6-10-16(24)11-7-14)22(27-23)15-8-12-17(25)13-9-15/h3-13,21-22H,1-2H3,(H,26,27)/t21-,22+. The Balaban J connectivity index is 1.81. The van der Waals surface area contributed by atoms with Crippen LogP contribution in [0, 0.1) is 0 Å². The van der Waals surface area contributed by atoms with E-state index in [2.05, 4.69) is 5.32 Å². The number of hydrogen-bond donors (Lipinski definition) is 1. The fourth-order valence-corrected chi connectivity index (χ4v) is 3.81. The van der Waals surface area contributed by atoms with E-state index < -0.39 is 0 Å². The highest BCUT2D eigenvalue weighted by molar-refractivity contribution is 6.30. The summed E-state index contributed by atoms with van der Waals surface area (Å²) < 4.78 is 11.2. The molecule has 0 amide bonds. The second kappa shape index (κ2) is 8.36. The Bertz CT molecular complexity index is 1010. The Morgan fingerprint density at radius 2 is 1.28 bits per heavy atom. The van der Waals surface area contributed by atoms with E-state index in [1.807, 2.05) is 66.7 Å². The van der Waals surface area contributed by atoms with Gasteiger partial charge in [0.15, 0.2) is 0 Å². The van der Waals surface area contributed by atoms with Gasteiger partial charge in [0, 0.05) is 10.0 Å². The molecule has 0 spiro atoms. The zero-order valence-corrected chi connectivity index (χ0v) is 17.5. The number of benzene rings is 3. The van der Waals surface area contributed by atoms with E-state index >= 15 is 0 Å². The Labute approximate surface area is 180 Å². The highest BCUT2D eigenvalue weighted by atomic mass is 35.5. The molecule has 1 heterocycles. The van der Waals surface area contributed by atoms with Crippen LogP contribution in [-0.4, -0.2) is 20.1 Å². The summed E-state index contributed by atoms with van der Waals surface area (Å²) in [5.41, 5.74) is 2.95. The van der Waals surface area contributed by atoms with Crippen molar-refractivity contribution in [3.8, 4) is 11.5 Å². The van der Waals surface area contributed by atoms with Crippen LogP contribution in [0.5, 0.6) is 11.5 Å². The van der Waals surface area contributed by atoms with Crippen LogP contribution < -0.4 is 14.8 Å². The van der Waals surface area contributed by atoms with Gasteiger partial charge in [-0.05, 0) is 47.5 Å². The summed E-state index contributed by atoms with van der Waals surface area (Å²) in [5.74, 6) is 2.11. The molecular weight excluding hydrogens is 407 g/mol. The van der Waals surface area contributed by atoms with Gasteiger partial charge in [0.1, 0.15) is 28.9 Å². The lowest BCUT2D eigenvalue weighted by Gasteiger charge is -2.20. The van der Waals surface area contributed by atoms with Crippen LogP contribution in [0.1, 0.15) is 28.8 Å². The van der Waals surface area contributed by atoms with E-state index in [1.165, 1.54) is 0 Å². The fraction of sp³-hybridized carbons (Fsp3) is 0.174. The van der Waals surface area contributed by atoms with E-state index in [0.29, 0.717) is 21.5 Å². The maximum absolute atomic E-state index is 6.10. The first-order chi connectivity index (χ1) is 14.1. The summed E-state index contributed by atoms with van der Waals surface area (Å²) in [6, 6.07) is 21.1. The van der Waals surface area contributed by atoms with Crippen molar-refractivity contribution >= 4 is 29.0 Å². The number of ether oxygens (including phenoxy) is 2. The summed E-state index contributed by atoms with van der Waals surface area (Å²) >= 11 is 12.2. The van der Waals surface area contributed by atoms with Crippen LogP contribution >= 0.6 is 23.2 Å². The first-order valence-electron chi connectivity index (χ1n) is 9.17. The minimum atomic E-state index is -0.141. The van der Waals surface area contributed by atoms with Gasteiger partial charge in [-0.1, -0.05) is 53.5 Å². The zero-order chi connectivity index (χ0) is 20.4. The first kappa shape index (κ1) is 19.6. The molecule has 2 atom stereocenters. The van der Waals surface area contributed by atoms with Crippen LogP contribution in [0.2, 0.25) is 10.0 Å². The molecule has 0 fully saturated rings. The van der Waals surface area contributed by atoms with Crippen molar-refractivity contribution in [3.05, 3.63) is 93.5 Å². The average molecular weight is 427 g/mol. The second-order valence-corrected chi connectivity index (χ2v) is 7.56. The van der Waals surface area contributed by atoms with Gasteiger partial charge in [-0.15, -0.1) is 0 Å². The van der Waals surface area contributed by atoms with Crippen LogP contribution in [0.3, 0.4) is 0 Å². The van der Waals surface area contributed by atoms with Crippen molar-refractivity contribution in [1.29, 1.82) is 0 Å². The van der Waals surface area contributed by atoms with Crippen LogP contribution in [0.4, 0.5) is 0 Å². The van der Waals surface area contributed by atoms with Gasteiger partial charge in [0.2, 0.25) is 0 Å². The lowest BCUT2D eigenvalue weighted by molar-refractivity contribution is 0.392. The smallest absolute Gasteiger partial charge is 0.137 e. The van der Waals surface area contributed by atoms with Crippen molar-refractivity contribution in [2.75, 3.05) is 14.2 Å². The fourth-order valence-electron chi connectivity index (χ4n) is 3.56.